The van der Waals surface area contributed by atoms with E-state index in [-0.39, 0.29) is 22.6 Å². The zero-order chi connectivity index (χ0) is 23.0. The molecular weight excluding hydrogens is 455 g/mol. The van der Waals surface area contributed by atoms with Gasteiger partial charge in [0, 0.05) is 22.7 Å². The molecule has 0 atom stereocenters. The van der Waals surface area contributed by atoms with Gasteiger partial charge in [0.25, 0.3) is 11.8 Å². The number of hydrogen-bond acceptors (Lipinski definition) is 5. The summed E-state index contributed by atoms with van der Waals surface area (Å²) in [6.07, 6.45) is -4.91. The van der Waals surface area contributed by atoms with Crippen molar-refractivity contribution in [3.8, 4) is 5.75 Å². The highest BCUT2D eigenvalue weighted by atomic mass is 32.1. The van der Waals surface area contributed by atoms with Gasteiger partial charge in [-0.1, -0.05) is 12.1 Å². The standard InChI is InChI=1S/C21H11F5N2O3S/c22-14-7-6-12(10-15(14)23)28-19(29)17(16-5-2-8-32-16)18(20(28)30)27-11-3-1-4-13(9-11)31-21(24,25)26/h1-10,27H. The van der Waals surface area contributed by atoms with Crippen LogP contribution in [0.15, 0.2) is 65.7 Å². The number of carbonyl (C=O) groups is 2. The summed E-state index contributed by atoms with van der Waals surface area (Å²) in [4.78, 5) is 27.3. The van der Waals surface area contributed by atoms with Gasteiger partial charge >= 0.3 is 6.36 Å². The van der Waals surface area contributed by atoms with Crippen molar-refractivity contribution in [2.24, 2.45) is 0 Å². The molecule has 2 aromatic carbocycles. The summed E-state index contributed by atoms with van der Waals surface area (Å²) in [7, 11) is 0. The van der Waals surface area contributed by atoms with Crippen molar-refractivity contribution in [2.45, 2.75) is 6.36 Å². The van der Waals surface area contributed by atoms with Crippen LogP contribution in [-0.4, -0.2) is 18.2 Å². The van der Waals surface area contributed by atoms with Crippen molar-refractivity contribution in [2.75, 3.05) is 10.2 Å². The van der Waals surface area contributed by atoms with Gasteiger partial charge in [0.15, 0.2) is 11.6 Å². The van der Waals surface area contributed by atoms with Gasteiger partial charge in [-0.15, -0.1) is 24.5 Å². The van der Waals surface area contributed by atoms with Crippen LogP contribution in [-0.2, 0) is 9.59 Å². The van der Waals surface area contributed by atoms with Crippen LogP contribution in [0.2, 0.25) is 0 Å². The first kappa shape index (κ1) is 21.5. The number of thiophene rings is 1. The lowest BCUT2D eigenvalue weighted by atomic mass is 10.2. The number of anilines is 2. The number of nitrogens with one attached hydrogen (secondary N) is 1. The quantitative estimate of drug-likeness (QED) is 0.409. The molecule has 1 N–H and O–H groups in total. The van der Waals surface area contributed by atoms with E-state index in [2.05, 4.69) is 10.1 Å². The number of carbonyl (C=O) groups excluding carboxylic acids is 2. The van der Waals surface area contributed by atoms with E-state index in [9.17, 15) is 31.5 Å². The number of rotatable bonds is 5. The summed E-state index contributed by atoms with van der Waals surface area (Å²) >= 11 is 1.15. The second kappa shape index (κ2) is 8.08. The Hall–Kier alpha value is -3.73. The highest BCUT2D eigenvalue weighted by molar-refractivity contribution is 7.11. The Morgan fingerprint density at radius 1 is 0.906 bits per heavy atom. The number of benzene rings is 2. The molecule has 4 rings (SSSR count). The van der Waals surface area contributed by atoms with E-state index in [1.54, 1.807) is 17.5 Å². The Kier molecular flexibility index (Phi) is 5.43. The van der Waals surface area contributed by atoms with Gasteiger partial charge in [0.2, 0.25) is 0 Å². The number of hydrogen-bond donors (Lipinski definition) is 1. The average molecular weight is 466 g/mol. The Labute approximate surface area is 181 Å². The second-order valence-corrected chi connectivity index (χ2v) is 7.42. The van der Waals surface area contributed by atoms with Crippen LogP contribution < -0.4 is 15.0 Å². The summed E-state index contributed by atoms with van der Waals surface area (Å²) in [5, 5.41) is 4.33. The molecule has 0 fully saturated rings. The molecule has 32 heavy (non-hydrogen) atoms. The zero-order valence-corrected chi connectivity index (χ0v) is 16.6. The molecular formula is C21H11F5N2O3S. The maximum Gasteiger partial charge on any atom is 0.573 e. The van der Waals surface area contributed by atoms with E-state index in [1.807, 2.05) is 0 Å². The van der Waals surface area contributed by atoms with E-state index >= 15 is 0 Å². The van der Waals surface area contributed by atoms with E-state index in [0.29, 0.717) is 15.8 Å². The van der Waals surface area contributed by atoms with Crippen molar-refractivity contribution < 1.29 is 36.3 Å². The van der Waals surface area contributed by atoms with E-state index in [0.717, 1.165) is 35.6 Å². The normalized spacial score (nSPS) is 14.3. The zero-order valence-electron chi connectivity index (χ0n) is 15.7. The van der Waals surface area contributed by atoms with Crippen molar-refractivity contribution in [3.63, 3.8) is 0 Å². The topological polar surface area (TPSA) is 58.6 Å². The molecule has 5 nitrogen and oxygen atoms in total. The molecule has 0 bridgehead atoms. The van der Waals surface area contributed by atoms with E-state index in [4.69, 9.17) is 0 Å². The SMILES string of the molecule is O=C1C(Nc2cccc(OC(F)(F)F)c2)=C(c2cccs2)C(=O)N1c1ccc(F)c(F)c1. The molecule has 0 aliphatic carbocycles. The maximum atomic E-state index is 13.7. The average Bonchev–Trinajstić information content (AvgIpc) is 3.30. The fourth-order valence-corrected chi connectivity index (χ4v) is 3.84. The van der Waals surface area contributed by atoms with Crippen LogP contribution in [0.3, 0.4) is 0 Å². The van der Waals surface area contributed by atoms with Crippen LogP contribution >= 0.6 is 11.3 Å². The molecule has 2 heterocycles. The van der Waals surface area contributed by atoms with Gasteiger partial charge in [-0.2, -0.15) is 0 Å². The van der Waals surface area contributed by atoms with Crippen molar-refractivity contribution in [3.05, 3.63) is 82.2 Å². The highest BCUT2D eigenvalue weighted by Gasteiger charge is 2.41. The fraction of sp³-hybridized carbons (Fsp3) is 0.0476. The van der Waals surface area contributed by atoms with Crippen molar-refractivity contribution in [1.82, 2.24) is 0 Å². The first-order valence-corrected chi connectivity index (χ1v) is 9.77. The number of nitrogens with zero attached hydrogens (tertiary/aromatic N) is 1. The summed E-state index contributed by atoms with van der Waals surface area (Å²) < 4.78 is 68.5. The molecule has 0 spiro atoms. The Morgan fingerprint density at radius 2 is 1.69 bits per heavy atom. The molecule has 3 aromatic rings. The third-order valence-electron chi connectivity index (χ3n) is 4.35. The molecule has 0 radical (unpaired) electrons. The van der Waals surface area contributed by atoms with Gasteiger partial charge in [0.05, 0.1) is 11.3 Å². The third-order valence-corrected chi connectivity index (χ3v) is 5.24. The lowest BCUT2D eigenvalue weighted by Crippen LogP contribution is -2.32. The number of amides is 2. The molecule has 11 heteroatoms. The van der Waals surface area contributed by atoms with Crippen LogP contribution in [0.25, 0.3) is 5.57 Å². The van der Waals surface area contributed by atoms with Crippen LogP contribution in [0.1, 0.15) is 4.88 Å². The van der Waals surface area contributed by atoms with Gasteiger partial charge in [0.1, 0.15) is 11.4 Å². The molecule has 2 amide bonds. The van der Waals surface area contributed by atoms with Crippen LogP contribution in [0.5, 0.6) is 5.75 Å². The third kappa shape index (κ3) is 4.19. The van der Waals surface area contributed by atoms with E-state index < -0.39 is 35.6 Å². The predicted octanol–water partition coefficient (Wildman–Crippen LogP) is 5.32. The summed E-state index contributed by atoms with van der Waals surface area (Å²) in [5.74, 6) is -4.62. The lowest BCUT2D eigenvalue weighted by Gasteiger charge is -2.16. The minimum Gasteiger partial charge on any atom is -0.406 e. The molecule has 1 aliphatic rings. The highest BCUT2D eigenvalue weighted by Crippen LogP contribution is 2.36. The first-order valence-electron chi connectivity index (χ1n) is 8.89. The molecule has 0 unspecified atom stereocenters. The Morgan fingerprint density at radius 3 is 2.34 bits per heavy atom. The Balaban J connectivity index is 1.74. The predicted molar refractivity (Wildman–Crippen MR) is 107 cm³/mol. The first-order chi connectivity index (χ1) is 15.1. The van der Waals surface area contributed by atoms with E-state index in [1.165, 1.54) is 12.1 Å². The summed E-state index contributed by atoms with van der Waals surface area (Å²) in [5.41, 5.74) is -0.439. The van der Waals surface area contributed by atoms with Gasteiger partial charge in [-0.05, 0) is 35.7 Å². The van der Waals surface area contributed by atoms with Gasteiger partial charge in [-0.3, -0.25) is 9.59 Å². The second-order valence-electron chi connectivity index (χ2n) is 6.47. The Bertz CT molecular complexity index is 1240. The number of halogens is 5. The van der Waals surface area contributed by atoms with Crippen LogP contribution in [0, 0.1) is 11.6 Å². The molecule has 164 valence electrons. The number of ether oxygens (including phenoxy) is 1. The minimum atomic E-state index is -4.91. The molecule has 0 saturated heterocycles. The van der Waals surface area contributed by atoms with Crippen molar-refractivity contribution in [1.29, 1.82) is 0 Å². The largest absolute Gasteiger partial charge is 0.573 e. The molecule has 1 aliphatic heterocycles. The van der Waals surface area contributed by atoms with Gasteiger partial charge in [-0.25, -0.2) is 13.7 Å². The summed E-state index contributed by atoms with van der Waals surface area (Å²) in [6.45, 7) is 0. The van der Waals surface area contributed by atoms with Crippen molar-refractivity contribution >= 4 is 40.1 Å². The molecule has 1 aromatic heterocycles. The smallest absolute Gasteiger partial charge is 0.406 e. The fourth-order valence-electron chi connectivity index (χ4n) is 3.07. The molecule has 0 saturated carbocycles. The minimum absolute atomic E-state index is 0.0455. The lowest BCUT2D eigenvalue weighted by molar-refractivity contribution is -0.274. The maximum absolute atomic E-state index is 13.7. The summed E-state index contributed by atoms with van der Waals surface area (Å²) in [6, 6.07) is 10.5. The number of imide groups is 1. The van der Waals surface area contributed by atoms with Crippen LogP contribution in [0.4, 0.5) is 33.3 Å². The number of alkyl halides is 3. The monoisotopic (exact) mass is 466 g/mol. The van der Waals surface area contributed by atoms with Gasteiger partial charge < -0.3 is 10.1 Å².